The van der Waals surface area contributed by atoms with E-state index in [1.54, 1.807) is 14.0 Å². The maximum Gasteiger partial charge on any atom is 0.247 e. The first-order valence-electron chi connectivity index (χ1n) is 13.7. The molecule has 11 nitrogen and oxygen atoms in total. The summed E-state index contributed by atoms with van der Waals surface area (Å²) in [5.41, 5.74) is -0.498. The predicted molar refractivity (Wildman–Crippen MR) is 159 cm³/mol. The molecule has 1 saturated heterocycles. The van der Waals surface area contributed by atoms with Gasteiger partial charge in [-0.15, -0.1) is 0 Å². The number of aromatic hydroxyl groups is 1. The lowest BCUT2D eigenvalue weighted by molar-refractivity contribution is -0.143. The summed E-state index contributed by atoms with van der Waals surface area (Å²) in [5.74, 6) is -3.38. The van der Waals surface area contributed by atoms with E-state index in [1.807, 2.05) is 20.8 Å². The van der Waals surface area contributed by atoms with Gasteiger partial charge in [-0.05, 0) is 50.4 Å². The molecule has 2 aromatic carbocycles. The molecule has 14 heteroatoms. The maximum absolute atomic E-state index is 14.6. The fourth-order valence-electron chi connectivity index (χ4n) is 4.77. The first kappa shape index (κ1) is 31.8. The molecular weight excluding hydrogens is 584 g/mol. The normalized spacial score (nSPS) is 16.6. The monoisotopic (exact) mass is 617 g/mol. The second-order valence-corrected chi connectivity index (χ2v) is 11.8. The van der Waals surface area contributed by atoms with Crippen LogP contribution in [-0.2, 0) is 14.4 Å². The largest absolute Gasteiger partial charge is 0.506 e. The third-order valence-electron chi connectivity index (χ3n) is 7.36. The Hall–Kier alpha value is -4.10. The molecule has 43 heavy (non-hydrogen) atoms. The molecular formula is C29H34ClF2N7O4. The van der Waals surface area contributed by atoms with Crippen molar-refractivity contribution in [3.8, 4) is 5.75 Å². The van der Waals surface area contributed by atoms with Crippen LogP contribution in [0, 0.1) is 17.0 Å². The van der Waals surface area contributed by atoms with Crippen LogP contribution in [0.25, 0.3) is 10.9 Å². The number of anilines is 3. The molecule has 3 amide bonds. The van der Waals surface area contributed by atoms with Crippen molar-refractivity contribution in [2.24, 2.45) is 5.41 Å². The van der Waals surface area contributed by atoms with Crippen LogP contribution in [0.15, 0.2) is 30.6 Å². The number of nitrogens with zero attached hydrogens (tertiary/aromatic N) is 3. The van der Waals surface area contributed by atoms with E-state index in [0.29, 0.717) is 24.8 Å². The zero-order valence-corrected chi connectivity index (χ0v) is 25.1. The second kappa shape index (κ2) is 12.6. The van der Waals surface area contributed by atoms with Crippen molar-refractivity contribution in [1.82, 2.24) is 25.5 Å². The quantitative estimate of drug-likeness (QED) is 0.188. The summed E-state index contributed by atoms with van der Waals surface area (Å²) in [6.45, 7) is 7.49. The van der Waals surface area contributed by atoms with Crippen LogP contribution in [0.4, 0.5) is 26.0 Å². The van der Waals surface area contributed by atoms with Gasteiger partial charge in [0.1, 0.15) is 40.8 Å². The zero-order chi connectivity index (χ0) is 31.6. The second-order valence-electron chi connectivity index (χ2n) is 11.5. The fraction of sp³-hybridized carbons (Fsp3) is 0.414. The summed E-state index contributed by atoms with van der Waals surface area (Å²) in [7, 11) is 1.64. The molecule has 0 spiro atoms. The minimum Gasteiger partial charge on any atom is -0.506 e. The number of hydrogen-bond acceptors (Lipinski definition) is 8. The van der Waals surface area contributed by atoms with Gasteiger partial charge < -0.3 is 31.3 Å². The smallest absolute Gasteiger partial charge is 0.247 e. The number of carbonyl (C=O) groups is 3. The molecule has 4 rings (SSSR count). The molecule has 3 atom stereocenters. The minimum absolute atomic E-state index is 0.00998. The molecule has 5 N–H and O–H groups in total. The first-order chi connectivity index (χ1) is 20.2. The van der Waals surface area contributed by atoms with E-state index < -0.39 is 46.1 Å². The third-order valence-corrected chi connectivity index (χ3v) is 7.71. The molecule has 1 fully saturated rings. The molecule has 3 unspecified atom stereocenters. The SMILES string of the molecule is CNC(C)C(=O)NC(C(=O)N1CCCC1C(=O)Nc1cc2c(Nc3ccc(F)c(Cl)c3F)ncnc2cc1O)C(C)(C)C. The van der Waals surface area contributed by atoms with Crippen LogP contribution in [0.2, 0.25) is 5.02 Å². The Morgan fingerprint density at radius 3 is 2.53 bits per heavy atom. The number of nitrogens with one attached hydrogen (secondary N) is 4. The summed E-state index contributed by atoms with van der Waals surface area (Å²) in [6, 6.07) is 2.61. The van der Waals surface area contributed by atoms with Crippen molar-refractivity contribution < 1.29 is 28.3 Å². The number of likely N-dealkylation sites (tertiary alicyclic amines) is 1. The lowest BCUT2D eigenvalue weighted by Gasteiger charge is -2.36. The number of phenolic OH excluding ortho intramolecular Hbond substituents is 1. The number of aromatic nitrogens is 2. The average molecular weight is 618 g/mol. The number of benzene rings is 2. The van der Waals surface area contributed by atoms with Crippen molar-refractivity contribution in [3.05, 3.63) is 47.2 Å². The Kier molecular flexibility index (Phi) is 9.35. The van der Waals surface area contributed by atoms with Gasteiger partial charge in [0.15, 0.2) is 5.82 Å². The standard InChI is InChI=1S/C29H34ClF2N7O4/c1-14(33-5)26(41)38-24(29(2,3)4)28(43)39-10-6-7-20(39)27(42)37-19-11-15-18(12-21(19)40)34-13-35-25(15)36-17-9-8-16(31)22(30)23(17)32/h8-9,11-14,20,24,33,40H,6-7,10H2,1-5H3,(H,37,42)(H,38,41)(H,34,35,36). The topological polar surface area (TPSA) is 149 Å². The molecule has 3 aromatic rings. The van der Waals surface area contributed by atoms with Gasteiger partial charge in [-0.1, -0.05) is 32.4 Å². The van der Waals surface area contributed by atoms with Crippen LogP contribution in [-0.4, -0.2) is 69.4 Å². The third kappa shape index (κ3) is 6.78. The fourth-order valence-corrected chi connectivity index (χ4v) is 4.94. The van der Waals surface area contributed by atoms with Gasteiger partial charge >= 0.3 is 0 Å². The zero-order valence-electron chi connectivity index (χ0n) is 24.4. The lowest BCUT2D eigenvalue weighted by Crippen LogP contribution is -2.59. The molecule has 1 aromatic heterocycles. The number of amides is 3. The van der Waals surface area contributed by atoms with Crippen LogP contribution in [0.3, 0.4) is 0 Å². The van der Waals surface area contributed by atoms with Gasteiger partial charge in [-0.25, -0.2) is 18.7 Å². The van der Waals surface area contributed by atoms with Crippen LogP contribution in [0.1, 0.15) is 40.5 Å². The van der Waals surface area contributed by atoms with E-state index in [9.17, 15) is 28.3 Å². The van der Waals surface area contributed by atoms with Crippen molar-refractivity contribution in [1.29, 1.82) is 0 Å². The van der Waals surface area contributed by atoms with E-state index >= 15 is 0 Å². The Morgan fingerprint density at radius 2 is 1.86 bits per heavy atom. The number of fused-ring (bicyclic) bond motifs is 1. The van der Waals surface area contributed by atoms with Crippen LogP contribution < -0.4 is 21.3 Å². The highest BCUT2D eigenvalue weighted by Crippen LogP contribution is 2.35. The Balaban J connectivity index is 1.59. The molecule has 0 aliphatic carbocycles. The molecule has 0 saturated carbocycles. The van der Waals surface area contributed by atoms with Gasteiger partial charge in [0.25, 0.3) is 0 Å². The van der Waals surface area contributed by atoms with E-state index in [1.165, 1.54) is 23.4 Å². The number of rotatable bonds is 8. The minimum atomic E-state index is -1.02. The van der Waals surface area contributed by atoms with Gasteiger partial charge in [0.2, 0.25) is 17.7 Å². The van der Waals surface area contributed by atoms with Crippen molar-refractivity contribution in [2.75, 3.05) is 24.2 Å². The summed E-state index contributed by atoms with van der Waals surface area (Å²) >= 11 is 5.70. The van der Waals surface area contributed by atoms with E-state index in [0.717, 1.165) is 12.1 Å². The Morgan fingerprint density at radius 1 is 1.14 bits per heavy atom. The molecule has 2 heterocycles. The maximum atomic E-state index is 14.6. The number of likely N-dealkylation sites (N-methyl/N-ethyl adjacent to an activating group) is 1. The van der Waals surface area contributed by atoms with Crippen molar-refractivity contribution >= 4 is 57.4 Å². The lowest BCUT2D eigenvalue weighted by atomic mass is 9.85. The molecule has 0 bridgehead atoms. The molecule has 1 aliphatic rings. The van der Waals surface area contributed by atoms with Gasteiger partial charge in [-0.3, -0.25) is 14.4 Å². The van der Waals surface area contributed by atoms with E-state index in [4.69, 9.17) is 11.6 Å². The number of phenols is 1. The molecule has 1 aliphatic heterocycles. The van der Waals surface area contributed by atoms with Gasteiger partial charge in [0.05, 0.1) is 22.9 Å². The summed E-state index contributed by atoms with van der Waals surface area (Å²) in [6.07, 6.45) is 2.14. The van der Waals surface area contributed by atoms with E-state index in [2.05, 4.69) is 31.2 Å². The van der Waals surface area contributed by atoms with Gasteiger partial charge in [-0.2, -0.15) is 0 Å². The first-order valence-corrected chi connectivity index (χ1v) is 14.1. The van der Waals surface area contributed by atoms with Crippen LogP contribution in [0.5, 0.6) is 5.75 Å². The predicted octanol–water partition coefficient (Wildman–Crippen LogP) is 4.08. The summed E-state index contributed by atoms with van der Waals surface area (Å²) in [4.78, 5) is 49.5. The number of halogens is 3. The van der Waals surface area contributed by atoms with Crippen molar-refractivity contribution in [2.45, 2.75) is 58.7 Å². The van der Waals surface area contributed by atoms with Gasteiger partial charge in [0, 0.05) is 18.0 Å². The van der Waals surface area contributed by atoms with E-state index in [-0.39, 0.29) is 40.3 Å². The van der Waals surface area contributed by atoms with Crippen LogP contribution >= 0.6 is 11.6 Å². The highest BCUT2D eigenvalue weighted by molar-refractivity contribution is 6.31. The molecule has 230 valence electrons. The molecule has 0 radical (unpaired) electrons. The average Bonchev–Trinajstić information content (AvgIpc) is 3.45. The summed E-state index contributed by atoms with van der Waals surface area (Å²) < 4.78 is 28.2. The highest BCUT2D eigenvalue weighted by atomic mass is 35.5. The Bertz CT molecular complexity index is 1570. The van der Waals surface area contributed by atoms with Crippen molar-refractivity contribution in [3.63, 3.8) is 0 Å². The summed E-state index contributed by atoms with van der Waals surface area (Å²) in [5, 5.41) is 21.4. The Labute approximate surface area is 252 Å². The number of hydrogen-bond donors (Lipinski definition) is 5. The number of carbonyl (C=O) groups excluding carboxylic acids is 3. The highest BCUT2D eigenvalue weighted by Gasteiger charge is 2.42.